The molecule has 0 N–H and O–H groups in total. The smallest absolute Gasteiger partial charge is 0.417 e. The van der Waals surface area contributed by atoms with Crippen molar-refractivity contribution in [2.45, 2.75) is 43.8 Å². The van der Waals surface area contributed by atoms with Gasteiger partial charge in [-0.25, -0.2) is 0 Å². The molecule has 0 radical (unpaired) electrons. The van der Waals surface area contributed by atoms with Gasteiger partial charge in [0.2, 0.25) is 0 Å². The first kappa shape index (κ1) is 23.4. The second-order valence-electron chi connectivity index (χ2n) is 8.36. The largest absolute Gasteiger partial charge is 0.469 e. The SMILES string of the molecule is C=C1N(c2ccc(C#N)c(C(F)(F)F)c2)C(=O)C2(CCC2)N1c1ccc(CCC(=O)OC)cc1. The average Bonchev–Trinajstić information content (AvgIpc) is 3.03. The number of nitrogens with zero attached hydrogens (tertiary/aromatic N) is 3. The highest BCUT2D eigenvalue weighted by Gasteiger charge is 2.58. The number of anilines is 2. The number of carbonyl (C=O) groups excluding carboxylic acids is 2. The van der Waals surface area contributed by atoms with Gasteiger partial charge in [-0.1, -0.05) is 18.7 Å². The highest BCUT2D eigenvalue weighted by Crippen LogP contribution is 2.50. The fourth-order valence-electron chi connectivity index (χ4n) is 4.54. The molecule has 4 rings (SSSR count). The highest BCUT2D eigenvalue weighted by molar-refractivity contribution is 6.11. The molecule has 1 saturated carbocycles. The van der Waals surface area contributed by atoms with Crippen LogP contribution in [0.15, 0.2) is 54.9 Å². The van der Waals surface area contributed by atoms with E-state index >= 15 is 0 Å². The summed E-state index contributed by atoms with van der Waals surface area (Å²) in [6.45, 7) is 4.05. The lowest BCUT2D eigenvalue weighted by molar-refractivity contribution is -0.140. The summed E-state index contributed by atoms with van der Waals surface area (Å²) in [5, 5.41) is 9.09. The van der Waals surface area contributed by atoms with Gasteiger partial charge >= 0.3 is 12.1 Å². The molecular weight excluding hydrogens is 447 g/mol. The molecule has 34 heavy (non-hydrogen) atoms. The number of esters is 1. The number of hydrogen-bond acceptors (Lipinski definition) is 5. The lowest BCUT2D eigenvalue weighted by atomic mass is 9.75. The number of alkyl halides is 3. The molecule has 6 nitrogen and oxygen atoms in total. The first-order chi connectivity index (χ1) is 16.1. The lowest BCUT2D eigenvalue weighted by Crippen LogP contribution is -2.54. The third kappa shape index (κ3) is 3.79. The Hall–Kier alpha value is -3.80. The van der Waals surface area contributed by atoms with Crippen LogP contribution in [-0.2, 0) is 26.9 Å². The number of ether oxygens (including phenoxy) is 1. The maximum Gasteiger partial charge on any atom is 0.417 e. The van der Waals surface area contributed by atoms with Crippen LogP contribution in [0.25, 0.3) is 0 Å². The standard InChI is InChI=1S/C25H22F3N3O3/c1-16-30(20-10-7-18(15-29)21(14-20)25(26,27)28)23(33)24(12-3-13-24)31(16)19-8-4-17(5-9-19)6-11-22(32)34-2/h4-5,7-10,14H,1,3,6,11-13H2,2H3. The highest BCUT2D eigenvalue weighted by atomic mass is 19.4. The molecule has 1 aliphatic carbocycles. The third-order valence-corrected chi connectivity index (χ3v) is 6.45. The summed E-state index contributed by atoms with van der Waals surface area (Å²) in [5.74, 6) is -0.395. The van der Waals surface area contributed by atoms with Gasteiger partial charge in [-0.2, -0.15) is 18.4 Å². The molecule has 0 bridgehead atoms. The quantitative estimate of drug-likeness (QED) is 0.581. The number of nitriles is 1. The van der Waals surface area contributed by atoms with Gasteiger partial charge in [0.25, 0.3) is 5.91 Å². The van der Waals surface area contributed by atoms with Gasteiger partial charge in [0.15, 0.2) is 0 Å². The zero-order valence-electron chi connectivity index (χ0n) is 18.5. The van der Waals surface area contributed by atoms with Crippen molar-refractivity contribution in [2.24, 2.45) is 0 Å². The molecular formula is C25H22F3N3O3. The van der Waals surface area contributed by atoms with Crippen molar-refractivity contribution in [3.8, 4) is 6.07 Å². The predicted molar refractivity (Wildman–Crippen MR) is 119 cm³/mol. The van der Waals surface area contributed by atoms with Crippen LogP contribution in [-0.4, -0.2) is 24.5 Å². The minimum absolute atomic E-state index is 0.0183. The average molecular weight is 469 g/mol. The molecule has 2 aromatic rings. The van der Waals surface area contributed by atoms with Crippen molar-refractivity contribution in [1.82, 2.24) is 0 Å². The number of halogens is 3. The van der Waals surface area contributed by atoms with Crippen LogP contribution in [0.5, 0.6) is 0 Å². The summed E-state index contributed by atoms with van der Waals surface area (Å²) < 4.78 is 45.2. The van der Waals surface area contributed by atoms with E-state index in [1.54, 1.807) is 11.0 Å². The maximum absolute atomic E-state index is 13.5. The number of rotatable bonds is 5. The first-order valence-corrected chi connectivity index (χ1v) is 10.7. The summed E-state index contributed by atoms with van der Waals surface area (Å²) in [7, 11) is 1.33. The number of hydrogen-bond donors (Lipinski definition) is 0. The maximum atomic E-state index is 13.5. The molecule has 1 saturated heterocycles. The first-order valence-electron chi connectivity index (χ1n) is 10.7. The van der Waals surface area contributed by atoms with Gasteiger partial charge in [0.05, 0.1) is 30.0 Å². The predicted octanol–water partition coefficient (Wildman–Crippen LogP) is 4.93. The number of methoxy groups -OCH3 is 1. The van der Waals surface area contributed by atoms with Crippen LogP contribution < -0.4 is 9.80 Å². The molecule has 2 fully saturated rings. The minimum atomic E-state index is -4.74. The molecule has 1 amide bonds. The van der Waals surface area contributed by atoms with E-state index in [0.29, 0.717) is 24.9 Å². The topological polar surface area (TPSA) is 73.6 Å². The van der Waals surface area contributed by atoms with Crippen LogP contribution in [0.4, 0.5) is 24.5 Å². The van der Waals surface area contributed by atoms with Gasteiger partial charge in [0, 0.05) is 12.1 Å². The number of benzene rings is 2. The van der Waals surface area contributed by atoms with Crippen LogP contribution in [0.3, 0.4) is 0 Å². The van der Waals surface area contributed by atoms with Gasteiger partial charge in [0.1, 0.15) is 11.4 Å². The molecule has 0 aromatic heterocycles. The second kappa shape index (κ2) is 8.52. The van der Waals surface area contributed by atoms with Crippen molar-refractivity contribution >= 4 is 23.3 Å². The van der Waals surface area contributed by atoms with Crippen LogP contribution in [0, 0.1) is 11.3 Å². The van der Waals surface area contributed by atoms with Gasteiger partial charge in [-0.3, -0.25) is 14.5 Å². The molecule has 9 heteroatoms. The molecule has 176 valence electrons. The number of aryl methyl sites for hydroxylation is 1. The summed E-state index contributed by atoms with van der Waals surface area (Å²) in [6.07, 6.45) is -2.10. The van der Waals surface area contributed by atoms with Crippen LogP contribution in [0.2, 0.25) is 0 Å². The molecule has 1 heterocycles. The lowest BCUT2D eigenvalue weighted by Gasteiger charge is -2.43. The number of amides is 1. The van der Waals surface area contributed by atoms with Crippen molar-refractivity contribution in [2.75, 3.05) is 16.9 Å². The van der Waals surface area contributed by atoms with E-state index in [1.807, 2.05) is 24.3 Å². The van der Waals surface area contributed by atoms with Crippen LogP contribution in [0.1, 0.15) is 42.4 Å². The Kier molecular flexibility index (Phi) is 5.86. The molecule has 1 spiro atoms. The molecule has 0 atom stereocenters. The second-order valence-corrected chi connectivity index (χ2v) is 8.36. The van der Waals surface area contributed by atoms with Crippen molar-refractivity contribution in [3.05, 3.63) is 71.6 Å². The van der Waals surface area contributed by atoms with E-state index in [9.17, 15) is 22.8 Å². The molecule has 1 aliphatic heterocycles. The zero-order chi connectivity index (χ0) is 24.7. The van der Waals surface area contributed by atoms with Gasteiger partial charge in [-0.05, 0) is 61.6 Å². The Morgan fingerprint density at radius 3 is 2.35 bits per heavy atom. The fourth-order valence-corrected chi connectivity index (χ4v) is 4.54. The van der Waals surface area contributed by atoms with E-state index in [0.717, 1.165) is 24.1 Å². The van der Waals surface area contributed by atoms with Gasteiger partial charge < -0.3 is 9.64 Å². The van der Waals surface area contributed by atoms with E-state index in [2.05, 4.69) is 11.3 Å². The van der Waals surface area contributed by atoms with E-state index in [1.165, 1.54) is 18.1 Å². The van der Waals surface area contributed by atoms with E-state index in [4.69, 9.17) is 5.26 Å². The fraction of sp³-hybridized carbons (Fsp3) is 0.320. The van der Waals surface area contributed by atoms with E-state index in [-0.39, 0.29) is 29.8 Å². The van der Waals surface area contributed by atoms with Gasteiger partial charge in [-0.15, -0.1) is 0 Å². The summed E-state index contributed by atoms with van der Waals surface area (Å²) in [5.41, 5.74) is -0.893. The molecule has 2 aliphatic rings. The number of carbonyl (C=O) groups is 2. The monoisotopic (exact) mass is 469 g/mol. The molecule has 0 unspecified atom stereocenters. The summed E-state index contributed by atoms with van der Waals surface area (Å²) in [6, 6.07) is 12.1. The Bertz CT molecular complexity index is 1190. The Labute approximate surface area is 194 Å². The third-order valence-electron chi connectivity index (χ3n) is 6.45. The minimum Gasteiger partial charge on any atom is -0.469 e. The zero-order valence-corrected chi connectivity index (χ0v) is 18.5. The normalized spacial score (nSPS) is 17.0. The Morgan fingerprint density at radius 1 is 1.18 bits per heavy atom. The van der Waals surface area contributed by atoms with Crippen molar-refractivity contribution in [1.29, 1.82) is 5.26 Å². The Balaban J connectivity index is 1.68. The Morgan fingerprint density at radius 2 is 1.82 bits per heavy atom. The van der Waals surface area contributed by atoms with Crippen molar-refractivity contribution in [3.63, 3.8) is 0 Å². The van der Waals surface area contributed by atoms with Crippen LogP contribution >= 0.6 is 0 Å². The van der Waals surface area contributed by atoms with Crippen molar-refractivity contribution < 1.29 is 27.5 Å². The van der Waals surface area contributed by atoms with E-state index < -0.39 is 22.8 Å². The summed E-state index contributed by atoms with van der Waals surface area (Å²) in [4.78, 5) is 27.9. The molecule has 2 aromatic carbocycles. The summed E-state index contributed by atoms with van der Waals surface area (Å²) >= 11 is 0.